The zero-order chi connectivity index (χ0) is 21.2. The van der Waals surface area contributed by atoms with E-state index in [0.29, 0.717) is 39.6 Å². The van der Waals surface area contributed by atoms with Crippen molar-refractivity contribution >= 4 is 38.3 Å². The van der Waals surface area contributed by atoms with Crippen molar-refractivity contribution in [3.8, 4) is 11.5 Å². The van der Waals surface area contributed by atoms with Gasteiger partial charge in [-0.1, -0.05) is 12.5 Å². The van der Waals surface area contributed by atoms with Crippen LogP contribution in [0.2, 0.25) is 0 Å². The van der Waals surface area contributed by atoms with Crippen molar-refractivity contribution in [3.05, 3.63) is 46.9 Å². The van der Waals surface area contributed by atoms with E-state index in [9.17, 15) is 4.39 Å². The summed E-state index contributed by atoms with van der Waals surface area (Å²) in [5.74, 6) is 1.50. The first-order chi connectivity index (χ1) is 15.2. The molecule has 1 aromatic heterocycles. The lowest BCUT2D eigenvalue weighted by molar-refractivity contribution is 0.0730. The van der Waals surface area contributed by atoms with Gasteiger partial charge in [0.25, 0.3) is 0 Å². The fourth-order valence-corrected chi connectivity index (χ4v) is 4.51. The number of aromatic nitrogens is 2. The van der Waals surface area contributed by atoms with Gasteiger partial charge in [0, 0.05) is 24.4 Å². The molecule has 0 saturated carbocycles. The van der Waals surface area contributed by atoms with Crippen LogP contribution in [0.15, 0.2) is 41.1 Å². The van der Waals surface area contributed by atoms with E-state index >= 15 is 0 Å². The Morgan fingerprint density at radius 3 is 2.87 bits per heavy atom. The van der Waals surface area contributed by atoms with E-state index in [0.717, 1.165) is 18.4 Å². The maximum absolute atomic E-state index is 14.4. The predicted octanol–water partition coefficient (Wildman–Crippen LogP) is 5.29. The zero-order valence-electron chi connectivity index (χ0n) is 17.1. The number of likely N-dealkylation sites (tertiary alicyclic amines) is 1. The highest BCUT2D eigenvalue weighted by Crippen LogP contribution is 2.38. The van der Waals surface area contributed by atoms with Crippen molar-refractivity contribution in [2.45, 2.75) is 31.8 Å². The van der Waals surface area contributed by atoms with Crippen LogP contribution in [0.3, 0.4) is 0 Å². The third-order valence-electron chi connectivity index (χ3n) is 5.84. The first kappa shape index (κ1) is 20.5. The number of hydrogen-bond acceptors (Lipinski definition) is 6. The Hall–Kier alpha value is -2.45. The quantitative estimate of drug-likeness (QED) is 0.528. The van der Waals surface area contributed by atoms with Gasteiger partial charge in [0.1, 0.15) is 24.9 Å². The summed E-state index contributed by atoms with van der Waals surface area (Å²) in [6.45, 7) is 3.91. The Morgan fingerprint density at radius 2 is 2.00 bits per heavy atom. The number of anilines is 2. The molecule has 162 valence electrons. The summed E-state index contributed by atoms with van der Waals surface area (Å²) in [4.78, 5) is 11.2. The van der Waals surface area contributed by atoms with E-state index in [1.165, 1.54) is 38.7 Å². The molecular formula is C23H24BrFN4O2. The summed E-state index contributed by atoms with van der Waals surface area (Å²) in [6.07, 6.45) is 6.35. The maximum Gasteiger partial charge on any atom is 0.163 e. The molecule has 1 saturated heterocycles. The highest BCUT2D eigenvalue weighted by Gasteiger charge is 2.24. The lowest BCUT2D eigenvalue weighted by Crippen LogP contribution is -2.36. The van der Waals surface area contributed by atoms with E-state index in [-0.39, 0.29) is 11.9 Å². The number of ether oxygens (including phenoxy) is 2. The summed E-state index contributed by atoms with van der Waals surface area (Å²) in [5.41, 5.74) is 1.05. The van der Waals surface area contributed by atoms with E-state index in [1.54, 1.807) is 18.2 Å². The fraction of sp³-hybridized carbons (Fsp3) is 0.391. The largest absolute Gasteiger partial charge is 0.486 e. The van der Waals surface area contributed by atoms with E-state index in [1.807, 2.05) is 12.1 Å². The van der Waals surface area contributed by atoms with Crippen LogP contribution in [0.25, 0.3) is 10.9 Å². The molecule has 1 atom stereocenters. The van der Waals surface area contributed by atoms with Gasteiger partial charge in [0.2, 0.25) is 0 Å². The molecule has 1 unspecified atom stereocenters. The van der Waals surface area contributed by atoms with Gasteiger partial charge >= 0.3 is 0 Å². The molecule has 5 rings (SSSR count). The first-order valence-corrected chi connectivity index (χ1v) is 11.5. The summed E-state index contributed by atoms with van der Waals surface area (Å²) in [5, 5.41) is 3.82. The van der Waals surface area contributed by atoms with Crippen LogP contribution < -0.4 is 14.8 Å². The smallest absolute Gasteiger partial charge is 0.163 e. The summed E-state index contributed by atoms with van der Waals surface area (Å²) < 4.78 is 27.0. The van der Waals surface area contributed by atoms with Crippen molar-refractivity contribution in [2.24, 2.45) is 0 Å². The minimum atomic E-state index is -0.372. The minimum Gasteiger partial charge on any atom is -0.486 e. The van der Waals surface area contributed by atoms with Crippen molar-refractivity contribution in [2.75, 3.05) is 31.6 Å². The molecule has 8 heteroatoms. The monoisotopic (exact) mass is 486 g/mol. The molecule has 6 nitrogen and oxygen atoms in total. The average Bonchev–Trinajstić information content (AvgIpc) is 2.80. The van der Waals surface area contributed by atoms with Crippen LogP contribution in [0.1, 0.15) is 25.7 Å². The number of rotatable bonds is 5. The molecule has 3 heterocycles. The second-order valence-electron chi connectivity index (χ2n) is 8.01. The van der Waals surface area contributed by atoms with Gasteiger partial charge in [-0.05, 0) is 60.1 Å². The van der Waals surface area contributed by atoms with Gasteiger partial charge in [-0.3, -0.25) is 0 Å². The topological polar surface area (TPSA) is 59.5 Å². The molecule has 2 aromatic carbocycles. The second-order valence-corrected chi connectivity index (χ2v) is 8.86. The normalized spacial score (nSPS) is 18.8. The molecule has 1 N–H and O–H groups in total. The van der Waals surface area contributed by atoms with Crippen molar-refractivity contribution in [3.63, 3.8) is 0 Å². The van der Waals surface area contributed by atoms with E-state index < -0.39 is 0 Å². The second kappa shape index (κ2) is 8.96. The SMILES string of the molecule is Fc1c(Br)cccc1Nc1ncnc2cc3c(cc12)OCC(CCN1CCCCC1)O3. The van der Waals surface area contributed by atoms with E-state index in [2.05, 4.69) is 36.1 Å². The van der Waals surface area contributed by atoms with Gasteiger partial charge in [-0.2, -0.15) is 0 Å². The zero-order valence-corrected chi connectivity index (χ0v) is 18.7. The molecule has 0 amide bonds. The number of benzene rings is 2. The Balaban J connectivity index is 1.35. The van der Waals surface area contributed by atoms with Crippen molar-refractivity contribution in [1.82, 2.24) is 14.9 Å². The summed E-state index contributed by atoms with van der Waals surface area (Å²) in [6, 6.07) is 8.83. The molecular weight excluding hydrogens is 463 g/mol. The Labute approximate surface area is 188 Å². The number of fused-ring (bicyclic) bond motifs is 2. The highest BCUT2D eigenvalue weighted by molar-refractivity contribution is 9.10. The molecule has 0 spiro atoms. The third kappa shape index (κ3) is 4.45. The summed E-state index contributed by atoms with van der Waals surface area (Å²) >= 11 is 3.21. The van der Waals surface area contributed by atoms with Gasteiger partial charge in [0.05, 0.1) is 15.7 Å². The van der Waals surface area contributed by atoms with Crippen molar-refractivity contribution in [1.29, 1.82) is 0 Å². The summed E-state index contributed by atoms with van der Waals surface area (Å²) in [7, 11) is 0. The minimum absolute atomic E-state index is 0.0297. The molecule has 2 aliphatic rings. The van der Waals surface area contributed by atoms with Gasteiger partial charge < -0.3 is 19.7 Å². The van der Waals surface area contributed by atoms with Crippen LogP contribution in [0.4, 0.5) is 15.9 Å². The standard InChI is InChI=1S/C23H24BrFN4O2/c24-17-5-4-6-18(22(17)25)28-23-16-11-20-21(12-19(16)26-14-27-23)31-15(13-30-20)7-10-29-8-2-1-3-9-29/h4-6,11-12,14-15H,1-3,7-10,13H2,(H,26,27,28). The Kier molecular flexibility index (Phi) is 5.91. The maximum atomic E-state index is 14.4. The molecule has 0 radical (unpaired) electrons. The number of piperidine rings is 1. The molecule has 3 aromatic rings. The van der Waals surface area contributed by atoms with Crippen molar-refractivity contribution < 1.29 is 13.9 Å². The fourth-order valence-electron chi connectivity index (χ4n) is 4.14. The molecule has 0 aliphatic carbocycles. The average molecular weight is 487 g/mol. The highest BCUT2D eigenvalue weighted by atomic mass is 79.9. The number of hydrogen-bond donors (Lipinski definition) is 1. The van der Waals surface area contributed by atoms with Gasteiger partial charge in [0.15, 0.2) is 17.3 Å². The first-order valence-electron chi connectivity index (χ1n) is 10.7. The molecule has 1 fully saturated rings. The number of halogens is 2. The molecule has 31 heavy (non-hydrogen) atoms. The number of nitrogens with zero attached hydrogens (tertiary/aromatic N) is 3. The lowest BCUT2D eigenvalue weighted by Gasteiger charge is -2.31. The van der Waals surface area contributed by atoms with Crippen LogP contribution in [0, 0.1) is 5.82 Å². The van der Waals surface area contributed by atoms with Crippen LogP contribution in [-0.2, 0) is 0 Å². The Bertz CT molecular complexity index is 1090. The van der Waals surface area contributed by atoms with E-state index in [4.69, 9.17) is 9.47 Å². The molecule has 0 bridgehead atoms. The third-order valence-corrected chi connectivity index (χ3v) is 6.45. The van der Waals surface area contributed by atoms with Crippen LogP contribution in [0.5, 0.6) is 11.5 Å². The molecule has 2 aliphatic heterocycles. The van der Waals surface area contributed by atoms with Crippen LogP contribution >= 0.6 is 15.9 Å². The van der Waals surface area contributed by atoms with Gasteiger partial charge in [-0.15, -0.1) is 0 Å². The Morgan fingerprint density at radius 1 is 1.13 bits per heavy atom. The van der Waals surface area contributed by atoms with Crippen LogP contribution in [-0.4, -0.2) is 47.2 Å². The predicted molar refractivity (Wildman–Crippen MR) is 122 cm³/mol. The lowest BCUT2D eigenvalue weighted by atomic mass is 10.1. The van der Waals surface area contributed by atoms with Gasteiger partial charge in [-0.25, -0.2) is 14.4 Å². The number of nitrogens with one attached hydrogen (secondary N) is 1.